The van der Waals surface area contributed by atoms with Crippen molar-refractivity contribution in [2.24, 2.45) is 0 Å². The van der Waals surface area contributed by atoms with Gasteiger partial charge < -0.3 is 4.74 Å². The molecule has 150 valence electrons. The summed E-state index contributed by atoms with van der Waals surface area (Å²) in [5.41, 5.74) is 4.45. The van der Waals surface area contributed by atoms with E-state index in [1.54, 1.807) is 18.9 Å². The zero-order valence-corrected chi connectivity index (χ0v) is 17.8. The minimum Gasteiger partial charge on any atom is -0.497 e. The van der Waals surface area contributed by atoms with Crippen LogP contribution in [-0.2, 0) is 0 Å². The number of hydrogen-bond acceptors (Lipinski definition) is 4. The van der Waals surface area contributed by atoms with Gasteiger partial charge in [0.2, 0.25) is 0 Å². The third kappa shape index (κ3) is 4.63. The quantitative estimate of drug-likeness (QED) is 0.345. The van der Waals surface area contributed by atoms with E-state index in [4.69, 9.17) is 4.74 Å². The summed E-state index contributed by atoms with van der Waals surface area (Å²) in [7, 11) is 1.67. The molecular weight excluding hydrogens is 390 g/mol. The summed E-state index contributed by atoms with van der Waals surface area (Å²) in [4.78, 5) is 0. The fourth-order valence-electron chi connectivity index (χ4n) is 3.09. The van der Waals surface area contributed by atoms with E-state index in [0.717, 1.165) is 33.7 Å². The van der Waals surface area contributed by atoms with Crippen LogP contribution in [0.15, 0.2) is 90.1 Å². The van der Waals surface area contributed by atoms with E-state index < -0.39 is 0 Å². The van der Waals surface area contributed by atoms with Crippen molar-refractivity contribution in [2.75, 3.05) is 12.9 Å². The number of hydrogen-bond donors (Lipinski definition) is 0. The molecular formula is C25H23N3OS. The van der Waals surface area contributed by atoms with Crippen molar-refractivity contribution in [3.05, 3.63) is 96.1 Å². The Bertz CT molecular complexity index is 1120. The number of nitrogens with zero attached hydrogens (tertiary/aromatic N) is 3. The van der Waals surface area contributed by atoms with Gasteiger partial charge in [-0.05, 0) is 36.8 Å². The highest BCUT2D eigenvalue weighted by atomic mass is 32.2. The van der Waals surface area contributed by atoms with Crippen LogP contribution in [0.4, 0.5) is 0 Å². The van der Waals surface area contributed by atoms with E-state index in [-0.39, 0.29) is 0 Å². The molecule has 0 atom stereocenters. The first-order valence-corrected chi connectivity index (χ1v) is 10.7. The van der Waals surface area contributed by atoms with Gasteiger partial charge >= 0.3 is 0 Å². The molecule has 4 aromatic rings. The summed E-state index contributed by atoms with van der Waals surface area (Å²) < 4.78 is 7.41. The Balaban J connectivity index is 1.64. The third-order valence-corrected chi connectivity index (χ3v) is 5.57. The molecule has 1 heterocycles. The van der Waals surface area contributed by atoms with Gasteiger partial charge in [-0.25, -0.2) is 0 Å². The molecule has 5 heteroatoms. The van der Waals surface area contributed by atoms with E-state index in [0.29, 0.717) is 0 Å². The molecule has 0 bridgehead atoms. The maximum atomic E-state index is 5.31. The Hall–Kier alpha value is -3.31. The largest absolute Gasteiger partial charge is 0.497 e. The maximum Gasteiger partial charge on any atom is 0.196 e. The number of aryl methyl sites for hydroxylation is 1. The molecule has 0 radical (unpaired) electrons. The topological polar surface area (TPSA) is 39.9 Å². The molecule has 4 rings (SSSR count). The van der Waals surface area contributed by atoms with Crippen LogP contribution in [0.5, 0.6) is 5.75 Å². The van der Waals surface area contributed by atoms with Gasteiger partial charge in [-0.2, -0.15) is 0 Å². The van der Waals surface area contributed by atoms with Gasteiger partial charge in [0.05, 0.1) is 7.11 Å². The van der Waals surface area contributed by atoms with Crippen LogP contribution < -0.4 is 4.74 Å². The lowest BCUT2D eigenvalue weighted by Crippen LogP contribution is -2.00. The number of rotatable bonds is 7. The molecule has 30 heavy (non-hydrogen) atoms. The highest BCUT2D eigenvalue weighted by molar-refractivity contribution is 7.99. The van der Waals surface area contributed by atoms with Gasteiger partial charge in [0.1, 0.15) is 5.75 Å². The minimum atomic E-state index is 0.803. The van der Waals surface area contributed by atoms with Gasteiger partial charge in [-0.1, -0.05) is 84.1 Å². The second-order valence-electron chi connectivity index (χ2n) is 6.83. The normalized spacial score (nSPS) is 11.1. The lowest BCUT2D eigenvalue weighted by atomic mass is 10.1. The summed E-state index contributed by atoms with van der Waals surface area (Å²) in [5, 5.41) is 9.85. The van der Waals surface area contributed by atoms with Crippen molar-refractivity contribution in [1.29, 1.82) is 0 Å². The van der Waals surface area contributed by atoms with Gasteiger partial charge in [-0.3, -0.25) is 4.57 Å². The molecule has 0 aliphatic carbocycles. The van der Waals surface area contributed by atoms with E-state index in [1.165, 1.54) is 11.1 Å². The SMILES string of the molecule is COc1ccc(-n2c(SCC=Cc3ccccc3)nnc2-c2ccc(C)cc2)cc1. The lowest BCUT2D eigenvalue weighted by molar-refractivity contribution is 0.414. The summed E-state index contributed by atoms with van der Waals surface area (Å²) in [6.45, 7) is 2.08. The Labute approximate surface area is 181 Å². The molecule has 0 amide bonds. The number of benzene rings is 3. The molecule has 4 nitrogen and oxygen atoms in total. The molecule has 0 aliphatic rings. The number of aromatic nitrogens is 3. The van der Waals surface area contributed by atoms with Crippen LogP contribution >= 0.6 is 11.8 Å². The Morgan fingerprint density at radius 2 is 1.63 bits per heavy atom. The monoisotopic (exact) mass is 413 g/mol. The Morgan fingerprint density at radius 1 is 0.900 bits per heavy atom. The van der Waals surface area contributed by atoms with Gasteiger partial charge in [0.15, 0.2) is 11.0 Å². The highest BCUT2D eigenvalue weighted by Gasteiger charge is 2.16. The summed E-state index contributed by atoms with van der Waals surface area (Å²) in [6.07, 6.45) is 4.28. The van der Waals surface area contributed by atoms with E-state index >= 15 is 0 Å². The molecule has 0 fully saturated rings. The molecule has 3 aromatic carbocycles. The third-order valence-electron chi connectivity index (χ3n) is 4.69. The van der Waals surface area contributed by atoms with Crippen molar-refractivity contribution in [3.63, 3.8) is 0 Å². The molecule has 1 aromatic heterocycles. The summed E-state index contributed by atoms with van der Waals surface area (Å²) >= 11 is 1.66. The fraction of sp³-hybridized carbons (Fsp3) is 0.120. The van der Waals surface area contributed by atoms with Crippen molar-refractivity contribution >= 4 is 17.8 Å². The second-order valence-corrected chi connectivity index (χ2v) is 7.82. The van der Waals surface area contributed by atoms with Gasteiger partial charge in [0, 0.05) is 17.0 Å². The van der Waals surface area contributed by atoms with Crippen molar-refractivity contribution in [3.8, 4) is 22.8 Å². The van der Waals surface area contributed by atoms with Crippen LogP contribution in [0.25, 0.3) is 23.2 Å². The number of thioether (sulfide) groups is 1. The summed E-state index contributed by atoms with van der Waals surface area (Å²) in [5.74, 6) is 2.45. The van der Waals surface area contributed by atoms with Gasteiger partial charge in [0.25, 0.3) is 0 Å². The highest BCUT2D eigenvalue weighted by Crippen LogP contribution is 2.29. The Morgan fingerprint density at radius 3 is 2.33 bits per heavy atom. The smallest absolute Gasteiger partial charge is 0.196 e. The minimum absolute atomic E-state index is 0.803. The fourth-order valence-corrected chi connectivity index (χ4v) is 3.85. The van der Waals surface area contributed by atoms with Crippen molar-refractivity contribution < 1.29 is 4.74 Å². The second kappa shape index (κ2) is 9.46. The van der Waals surface area contributed by atoms with Crippen molar-refractivity contribution in [2.45, 2.75) is 12.1 Å². The van der Waals surface area contributed by atoms with Crippen LogP contribution in [-0.4, -0.2) is 27.6 Å². The van der Waals surface area contributed by atoms with Gasteiger partial charge in [-0.15, -0.1) is 10.2 Å². The predicted octanol–water partition coefficient (Wildman–Crippen LogP) is 6.06. The first kappa shape index (κ1) is 20.0. The van der Waals surface area contributed by atoms with Crippen LogP contribution in [0.3, 0.4) is 0 Å². The molecule has 0 spiro atoms. The average Bonchev–Trinajstić information content (AvgIpc) is 3.22. The van der Waals surface area contributed by atoms with E-state index in [9.17, 15) is 0 Å². The summed E-state index contributed by atoms with van der Waals surface area (Å²) in [6, 6.07) is 26.6. The molecule has 0 unspecified atom stereocenters. The van der Waals surface area contributed by atoms with Crippen LogP contribution in [0.1, 0.15) is 11.1 Å². The maximum absolute atomic E-state index is 5.31. The lowest BCUT2D eigenvalue weighted by Gasteiger charge is -2.11. The molecule has 0 N–H and O–H groups in total. The molecule has 0 aliphatic heterocycles. The van der Waals surface area contributed by atoms with E-state index in [2.05, 4.69) is 70.2 Å². The first-order valence-electron chi connectivity index (χ1n) is 9.76. The number of ether oxygens (including phenoxy) is 1. The van der Waals surface area contributed by atoms with Crippen LogP contribution in [0.2, 0.25) is 0 Å². The number of methoxy groups -OCH3 is 1. The zero-order chi connectivity index (χ0) is 20.8. The predicted molar refractivity (Wildman–Crippen MR) is 124 cm³/mol. The Kier molecular flexibility index (Phi) is 6.30. The zero-order valence-electron chi connectivity index (χ0n) is 17.0. The standard InChI is InChI=1S/C25H23N3OS/c1-19-10-12-21(13-11-19)24-26-27-25(28(24)22-14-16-23(29-2)17-15-22)30-18-6-9-20-7-4-3-5-8-20/h3-17H,18H2,1-2H3. The average molecular weight is 414 g/mol. The molecule has 0 saturated carbocycles. The van der Waals surface area contributed by atoms with E-state index in [1.807, 2.05) is 42.5 Å². The van der Waals surface area contributed by atoms with Crippen LogP contribution in [0, 0.1) is 6.92 Å². The molecule has 0 saturated heterocycles. The van der Waals surface area contributed by atoms with Crippen molar-refractivity contribution in [1.82, 2.24) is 14.8 Å². The first-order chi connectivity index (χ1) is 14.7.